The van der Waals surface area contributed by atoms with Gasteiger partial charge < -0.3 is 10.6 Å². The zero-order valence-electron chi connectivity index (χ0n) is 12.1. The van der Waals surface area contributed by atoms with Gasteiger partial charge in [-0.15, -0.1) is 0 Å². The molecule has 1 saturated carbocycles. The summed E-state index contributed by atoms with van der Waals surface area (Å²) >= 11 is 0. The highest BCUT2D eigenvalue weighted by molar-refractivity contribution is 5.27. The van der Waals surface area contributed by atoms with Gasteiger partial charge in [0, 0.05) is 12.1 Å². The molecule has 1 fully saturated rings. The van der Waals surface area contributed by atoms with Crippen molar-refractivity contribution in [3.63, 3.8) is 0 Å². The van der Waals surface area contributed by atoms with Crippen molar-refractivity contribution in [2.75, 3.05) is 14.1 Å². The third kappa shape index (κ3) is 2.76. The molecule has 0 bridgehead atoms. The Morgan fingerprint density at radius 2 is 1.56 bits per heavy atom. The summed E-state index contributed by atoms with van der Waals surface area (Å²) < 4.78 is 0. The van der Waals surface area contributed by atoms with Gasteiger partial charge in [0.15, 0.2) is 0 Å². The molecule has 0 heterocycles. The Balaban J connectivity index is 2.15. The molecule has 2 heteroatoms. The van der Waals surface area contributed by atoms with Crippen molar-refractivity contribution < 1.29 is 0 Å². The van der Waals surface area contributed by atoms with Crippen molar-refractivity contribution in [1.29, 1.82) is 0 Å². The van der Waals surface area contributed by atoms with Gasteiger partial charge in [-0.05, 0) is 49.9 Å². The minimum Gasteiger partial charge on any atom is -0.328 e. The number of nitrogens with zero attached hydrogens (tertiary/aromatic N) is 1. The molecule has 1 aliphatic carbocycles. The zero-order valence-corrected chi connectivity index (χ0v) is 12.1. The first kappa shape index (κ1) is 13.6. The zero-order chi connectivity index (χ0) is 13.3. The first-order valence-corrected chi connectivity index (χ1v) is 7.01. The lowest BCUT2D eigenvalue weighted by atomic mass is 9.73. The number of hydrogen-bond acceptors (Lipinski definition) is 2. The Bertz CT molecular complexity index is 375. The highest BCUT2D eigenvalue weighted by Gasteiger charge is 2.34. The second-order valence-electron chi connectivity index (χ2n) is 6.22. The van der Waals surface area contributed by atoms with Crippen LogP contribution in [0.3, 0.4) is 0 Å². The number of rotatable bonds is 4. The van der Waals surface area contributed by atoms with E-state index < -0.39 is 0 Å². The number of nitrogens with two attached hydrogens (primary N) is 1. The summed E-state index contributed by atoms with van der Waals surface area (Å²) in [7, 11) is 4.34. The van der Waals surface area contributed by atoms with E-state index in [4.69, 9.17) is 5.73 Å². The summed E-state index contributed by atoms with van der Waals surface area (Å²) in [6.07, 6.45) is 2.32. The highest BCUT2D eigenvalue weighted by atomic mass is 15.1. The van der Waals surface area contributed by atoms with Crippen LogP contribution in [0.25, 0.3) is 0 Å². The highest BCUT2D eigenvalue weighted by Crippen LogP contribution is 2.40. The van der Waals surface area contributed by atoms with E-state index in [1.165, 1.54) is 11.1 Å². The monoisotopic (exact) mass is 246 g/mol. The molecular weight excluding hydrogens is 220 g/mol. The van der Waals surface area contributed by atoms with Crippen LogP contribution in [0, 0.1) is 5.92 Å². The van der Waals surface area contributed by atoms with Crippen LogP contribution in [-0.2, 0) is 0 Å². The first-order chi connectivity index (χ1) is 8.49. The summed E-state index contributed by atoms with van der Waals surface area (Å²) in [5, 5.41) is 0. The molecule has 1 aromatic rings. The molecule has 0 aliphatic heterocycles. The molecule has 0 amide bonds. The number of benzene rings is 1. The Hall–Kier alpha value is -0.860. The van der Waals surface area contributed by atoms with Crippen LogP contribution in [0.15, 0.2) is 24.3 Å². The van der Waals surface area contributed by atoms with E-state index in [0.717, 1.165) is 18.8 Å². The van der Waals surface area contributed by atoms with E-state index in [9.17, 15) is 0 Å². The maximum atomic E-state index is 5.93. The molecule has 1 atom stereocenters. The van der Waals surface area contributed by atoms with E-state index in [0.29, 0.717) is 18.0 Å². The predicted octanol–water partition coefficient (Wildman–Crippen LogP) is 3.15. The molecule has 1 aliphatic rings. The quantitative estimate of drug-likeness (QED) is 0.884. The smallest absolute Gasteiger partial charge is 0.0371 e. The molecule has 0 spiro atoms. The van der Waals surface area contributed by atoms with Crippen LogP contribution in [0.5, 0.6) is 0 Å². The fourth-order valence-corrected chi connectivity index (χ4v) is 3.04. The van der Waals surface area contributed by atoms with Gasteiger partial charge in [-0.1, -0.05) is 38.1 Å². The van der Waals surface area contributed by atoms with E-state index in [2.05, 4.69) is 57.1 Å². The van der Waals surface area contributed by atoms with E-state index in [1.807, 2.05) is 0 Å². The van der Waals surface area contributed by atoms with Gasteiger partial charge in [-0.2, -0.15) is 0 Å². The van der Waals surface area contributed by atoms with Crippen LogP contribution < -0.4 is 5.73 Å². The minimum absolute atomic E-state index is 0.424. The summed E-state index contributed by atoms with van der Waals surface area (Å²) in [5.74, 6) is 1.33. The third-order valence-electron chi connectivity index (χ3n) is 4.16. The lowest BCUT2D eigenvalue weighted by Crippen LogP contribution is -2.43. The summed E-state index contributed by atoms with van der Waals surface area (Å²) in [4.78, 5) is 2.33. The van der Waals surface area contributed by atoms with Crippen molar-refractivity contribution in [3.8, 4) is 0 Å². The van der Waals surface area contributed by atoms with Gasteiger partial charge >= 0.3 is 0 Å². The van der Waals surface area contributed by atoms with Crippen LogP contribution in [0.2, 0.25) is 0 Å². The maximum absolute atomic E-state index is 5.93. The second kappa shape index (κ2) is 5.41. The van der Waals surface area contributed by atoms with Gasteiger partial charge in [0.05, 0.1) is 0 Å². The topological polar surface area (TPSA) is 29.3 Å². The fourth-order valence-electron chi connectivity index (χ4n) is 3.04. The summed E-state index contributed by atoms with van der Waals surface area (Å²) in [5.41, 5.74) is 8.78. The molecule has 2 rings (SSSR count). The van der Waals surface area contributed by atoms with Crippen molar-refractivity contribution in [1.82, 2.24) is 4.90 Å². The van der Waals surface area contributed by atoms with Gasteiger partial charge in [0.2, 0.25) is 0 Å². The first-order valence-electron chi connectivity index (χ1n) is 7.01. The molecule has 2 N–H and O–H groups in total. The molecule has 1 unspecified atom stereocenters. The van der Waals surface area contributed by atoms with E-state index >= 15 is 0 Å². The predicted molar refractivity (Wildman–Crippen MR) is 77.7 cm³/mol. The molecular formula is C16H26N2. The van der Waals surface area contributed by atoms with Crippen molar-refractivity contribution in [3.05, 3.63) is 35.4 Å². The SMILES string of the molecule is CC(C)c1ccc(C(C2CC(N)C2)N(C)C)cc1. The second-order valence-corrected chi connectivity index (χ2v) is 6.22. The van der Waals surface area contributed by atoms with Gasteiger partial charge in [0.25, 0.3) is 0 Å². The van der Waals surface area contributed by atoms with Crippen molar-refractivity contribution in [2.24, 2.45) is 11.7 Å². The Labute approximate surface area is 111 Å². The summed E-state index contributed by atoms with van der Waals surface area (Å²) in [6.45, 7) is 4.48. The lowest BCUT2D eigenvalue weighted by molar-refractivity contribution is 0.123. The maximum Gasteiger partial charge on any atom is 0.0371 e. The molecule has 18 heavy (non-hydrogen) atoms. The van der Waals surface area contributed by atoms with Gasteiger partial charge in [0.1, 0.15) is 0 Å². The van der Waals surface area contributed by atoms with Crippen molar-refractivity contribution >= 4 is 0 Å². The third-order valence-corrected chi connectivity index (χ3v) is 4.16. The Kier molecular flexibility index (Phi) is 4.08. The van der Waals surface area contributed by atoms with Crippen LogP contribution in [0.4, 0.5) is 0 Å². The lowest BCUT2D eigenvalue weighted by Gasteiger charge is -2.42. The molecule has 2 nitrogen and oxygen atoms in total. The van der Waals surface area contributed by atoms with Gasteiger partial charge in [-0.3, -0.25) is 0 Å². The van der Waals surface area contributed by atoms with Crippen LogP contribution in [0.1, 0.15) is 49.8 Å². The normalized spacial score (nSPS) is 25.3. The fraction of sp³-hybridized carbons (Fsp3) is 0.625. The molecule has 100 valence electrons. The van der Waals surface area contributed by atoms with Crippen molar-refractivity contribution in [2.45, 2.75) is 44.7 Å². The van der Waals surface area contributed by atoms with Crippen LogP contribution in [-0.4, -0.2) is 25.0 Å². The largest absolute Gasteiger partial charge is 0.328 e. The minimum atomic E-state index is 0.424. The standard InChI is InChI=1S/C16H26N2/c1-11(2)12-5-7-13(8-6-12)16(18(3)4)14-9-15(17)10-14/h5-8,11,14-16H,9-10,17H2,1-4H3. The Morgan fingerprint density at radius 1 is 1.06 bits per heavy atom. The average Bonchev–Trinajstić information content (AvgIpc) is 2.27. The summed E-state index contributed by atoms with van der Waals surface area (Å²) in [6, 6.07) is 10.1. The van der Waals surface area contributed by atoms with Crippen LogP contribution >= 0.6 is 0 Å². The van der Waals surface area contributed by atoms with Gasteiger partial charge in [-0.25, -0.2) is 0 Å². The number of hydrogen-bond donors (Lipinski definition) is 1. The Morgan fingerprint density at radius 3 is 1.94 bits per heavy atom. The molecule has 0 aromatic heterocycles. The molecule has 0 saturated heterocycles. The van der Waals surface area contributed by atoms with E-state index in [-0.39, 0.29) is 0 Å². The van der Waals surface area contributed by atoms with E-state index in [1.54, 1.807) is 0 Å². The molecule has 0 radical (unpaired) electrons. The average molecular weight is 246 g/mol. The molecule has 1 aromatic carbocycles.